The quantitative estimate of drug-likeness (QED) is 0.471. The molecule has 0 spiro atoms. The monoisotopic (exact) mass is 272 g/mol. The molecule has 0 bridgehead atoms. The second kappa shape index (κ2) is 9.00. The zero-order valence-corrected chi connectivity index (χ0v) is 14.1. The fraction of sp³-hybridized carbons (Fsp3) is 0.600. The number of hydrogen-bond donors (Lipinski definition) is 0. The van der Waals surface area contributed by atoms with Crippen LogP contribution in [-0.4, -0.2) is 0 Å². The molecule has 0 aromatic rings. The Hall–Kier alpha value is -1.04. The van der Waals surface area contributed by atoms with Crippen LogP contribution >= 0.6 is 0 Å². The van der Waals surface area contributed by atoms with Crippen LogP contribution in [0.25, 0.3) is 0 Å². The maximum absolute atomic E-state index is 2.44. The van der Waals surface area contributed by atoms with Gasteiger partial charge in [-0.25, -0.2) is 0 Å². The van der Waals surface area contributed by atoms with Crippen molar-refractivity contribution in [2.75, 3.05) is 0 Å². The largest absolute Gasteiger partial charge is 0.0853 e. The standard InChI is InChI=1S/C20H32/c1-16(2)20-14-12-18(4)10-6-8-17(3)9-7-11-19(5)13-15-20/h8,10-12,14,16,20H,6-7,9,13,15H2,1-5H3/b14-12-,17-8-,18-10-,19-11-/t20-/m1/s1. The van der Waals surface area contributed by atoms with E-state index in [0.29, 0.717) is 5.92 Å². The van der Waals surface area contributed by atoms with Crippen LogP contribution in [-0.2, 0) is 0 Å². The van der Waals surface area contributed by atoms with Crippen molar-refractivity contribution in [1.82, 2.24) is 0 Å². The first-order valence-electron chi connectivity index (χ1n) is 8.15. The molecule has 1 atom stereocenters. The highest BCUT2D eigenvalue weighted by Gasteiger charge is 2.09. The molecule has 0 aromatic heterocycles. The molecule has 1 aliphatic carbocycles. The molecule has 112 valence electrons. The van der Waals surface area contributed by atoms with Crippen LogP contribution < -0.4 is 0 Å². The van der Waals surface area contributed by atoms with E-state index in [1.807, 2.05) is 0 Å². The average Bonchev–Trinajstić information content (AvgIpc) is 2.37. The zero-order valence-electron chi connectivity index (χ0n) is 14.1. The molecule has 0 aliphatic heterocycles. The molecule has 0 nitrogen and oxygen atoms in total. The molecule has 0 saturated carbocycles. The fourth-order valence-electron chi connectivity index (χ4n) is 2.59. The van der Waals surface area contributed by atoms with Crippen LogP contribution in [0.3, 0.4) is 0 Å². The van der Waals surface area contributed by atoms with E-state index in [0.717, 1.165) is 12.3 Å². The van der Waals surface area contributed by atoms with Crippen molar-refractivity contribution in [3.05, 3.63) is 47.1 Å². The van der Waals surface area contributed by atoms with Crippen LogP contribution in [0.4, 0.5) is 0 Å². The highest BCUT2D eigenvalue weighted by Crippen LogP contribution is 2.23. The Morgan fingerprint density at radius 2 is 1.65 bits per heavy atom. The summed E-state index contributed by atoms with van der Waals surface area (Å²) in [4.78, 5) is 0. The van der Waals surface area contributed by atoms with Crippen molar-refractivity contribution in [3.63, 3.8) is 0 Å². The highest BCUT2D eigenvalue weighted by molar-refractivity contribution is 5.19. The highest BCUT2D eigenvalue weighted by atomic mass is 14.1. The minimum absolute atomic E-state index is 0.696. The normalized spacial score (nSPS) is 32.3. The molecule has 0 fully saturated rings. The second-order valence-electron chi connectivity index (χ2n) is 6.63. The summed E-state index contributed by atoms with van der Waals surface area (Å²) in [6, 6.07) is 0. The van der Waals surface area contributed by atoms with Gasteiger partial charge in [0.2, 0.25) is 0 Å². The zero-order chi connectivity index (χ0) is 15.0. The molecule has 0 heteroatoms. The van der Waals surface area contributed by atoms with E-state index in [-0.39, 0.29) is 0 Å². The maximum Gasteiger partial charge on any atom is -0.0161 e. The van der Waals surface area contributed by atoms with Crippen molar-refractivity contribution in [2.45, 2.75) is 66.7 Å². The topological polar surface area (TPSA) is 0 Å². The summed E-state index contributed by atoms with van der Waals surface area (Å²) in [6.45, 7) is 11.4. The van der Waals surface area contributed by atoms with E-state index in [2.05, 4.69) is 65.0 Å². The van der Waals surface area contributed by atoms with Gasteiger partial charge in [-0.15, -0.1) is 0 Å². The first-order chi connectivity index (χ1) is 9.49. The van der Waals surface area contributed by atoms with Gasteiger partial charge in [-0.2, -0.15) is 0 Å². The van der Waals surface area contributed by atoms with E-state index >= 15 is 0 Å². The van der Waals surface area contributed by atoms with E-state index in [1.54, 1.807) is 5.57 Å². The molecule has 0 radical (unpaired) electrons. The predicted molar refractivity (Wildman–Crippen MR) is 91.8 cm³/mol. The molecule has 0 amide bonds. The van der Waals surface area contributed by atoms with Crippen LogP contribution in [0.1, 0.15) is 66.7 Å². The van der Waals surface area contributed by atoms with Gasteiger partial charge in [0.25, 0.3) is 0 Å². The summed E-state index contributed by atoms with van der Waals surface area (Å²) in [6.07, 6.45) is 17.9. The Morgan fingerprint density at radius 3 is 2.35 bits per heavy atom. The lowest BCUT2D eigenvalue weighted by Crippen LogP contribution is -2.05. The SMILES string of the molecule is CC1=C/C/C=C(/C)CC/C=C(/C)CC[C@H](C(C)C)/C=C\1. The molecule has 1 aliphatic rings. The Bertz CT molecular complexity index is 402. The Kier molecular flexibility index (Phi) is 7.65. The van der Waals surface area contributed by atoms with Gasteiger partial charge < -0.3 is 0 Å². The predicted octanol–water partition coefficient (Wildman–Crippen LogP) is 6.62. The Balaban J connectivity index is 2.85. The van der Waals surface area contributed by atoms with Crippen molar-refractivity contribution < 1.29 is 0 Å². The summed E-state index contributed by atoms with van der Waals surface area (Å²) in [5, 5.41) is 0. The molecule has 0 aromatic carbocycles. The first kappa shape index (κ1) is 17.0. The summed E-state index contributed by atoms with van der Waals surface area (Å²) in [5.41, 5.74) is 4.46. The third-order valence-electron chi connectivity index (χ3n) is 4.27. The van der Waals surface area contributed by atoms with E-state index in [4.69, 9.17) is 0 Å². The molecule has 0 unspecified atom stereocenters. The van der Waals surface area contributed by atoms with Gasteiger partial charge in [-0.3, -0.25) is 0 Å². The number of rotatable bonds is 1. The molecule has 20 heavy (non-hydrogen) atoms. The summed E-state index contributed by atoms with van der Waals surface area (Å²) in [5.74, 6) is 1.42. The van der Waals surface area contributed by atoms with Gasteiger partial charge in [0.1, 0.15) is 0 Å². The third kappa shape index (κ3) is 6.93. The summed E-state index contributed by atoms with van der Waals surface area (Å²) >= 11 is 0. The van der Waals surface area contributed by atoms with E-state index in [9.17, 15) is 0 Å². The maximum atomic E-state index is 2.44. The van der Waals surface area contributed by atoms with Crippen LogP contribution in [0.2, 0.25) is 0 Å². The van der Waals surface area contributed by atoms with Crippen molar-refractivity contribution in [3.8, 4) is 0 Å². The minimum atomic E-state index is 0.696. The molecule has 0 N–H and O–H groups in total. The van der Waals surface area contributed by atoms with Crippen molar-refractivity contribution in [1.29, 1.82) is 0 Å². The average molecular weight is 272 g/mol. The Morgan fingerprint density at radius 1 is 0.950 bits per heavy atom. The lowest BCUT2D eigenvalue weighted by Gasteiger charge is -2.17. The van der Waals surface area contributed by atoms with Crippen LogP contribution in [0.5, 0.6) is 0 Å². The van der Waals surface area contributed by atoms with Crippen LogP contribution in [0, 0.1) is 11.8 Å². The molecular weight excluding hydrogens is 240 g/mol. The van der Waals surface area contributed by atoms with E-state index < -0.39 is 0 Å². The van der Waals surface area contributed by atoms with Gasteiger partial charge in [0.15, 0.2) is 0 Å². The lowest BCUT2D eigenvalue weighted by atomic mass is 9.88. The third-order valence-corrected chi connectivity index (χ3v) is 4.27. The minimum Gasteiger partial charge on any atom is -0.0853 e. The van der Waals surface area contributed by atoms with Gasteiger partial charge in [-0.1, -0.05) is 60.9 Å². The summed E-state index contributed by atoms with van der Waals surface area (Å²) in [7, 11) is 0. The molecule has 0 saturated heterocycles. The van der Waals surface area contributed by atoms with Crippen molar-refractivity contribution in [2.24, 2.45) is 11.8 Å². The van der Waals surface area contributed by atoms with Gasteiger partial charge in [0, 0.05) is 0 Å². The van der Waals surface area contributed by atoms with Gasteiger partial charge >= 0.3 is 0 Å². The molecule has 1 rings (SSSR count). The summed E-state index contributed by atoms with van der Waals surface area (Å²) < 4.78 is 0. The van der Waals surface area contributed by atoms with Crippen LogP contribution in [0.15, 0.2) is 47.1 Å². The smallest absolute Gasteiger partial charge is 0.0161 e. The Labute approximate surface area is 126 Å². The van der Waals surface area contributed by atoms with E-state index in [1.165, 1.54) is 36.8 Å². The molecule has 0 heterocycles. The lowest BCUT2D eigenvalue weighted by molar-refractivity contribution is 0.435. The van der Waals surface area contributed by atoms with Gasteiger partial charge in [-0.05, 0) is 64.7 Å². The molecular formula is C20H32. The second-order valence-corrected chi connectivity index (χ2v) is 6.63. The van der Waals surface area contributed by atoms with Gasteiger partial charge in [0.05, 0.1) is 0 Å². The number of hydrogen-bond acceptors (Lipinski definition) is 0. The fourth-order valence-corrected chi connectivity index (χ4v) is 2.59. The first-order valence-corrected chi connectivity index (χ1v) is 8.15. The van der Waals surface area contributed by atoms with Crippen molar-refractivity contribution >= 4 is 0 Å². The number of allylic oxidation sites excluding steroid dienone is 8.